The van der Waals surface area contributed by atoms with Crippen LogP contribution in [0.15, 0.2) is 18.2 Å². The second kappa shape index (κ2) is 5.89. The number of rotatable bonds is 4. The third kappa shape index (κ3) is 3.61. The third-order valence-corrected chi connectivity index (χ3v) is 2.70. The van der Waals surface area contributed by atoms with Crippen LogP contribution in [0.25, 0.3) is 0 Å². The van der Waals surface area contributed by atoms with Gasteiger partial charge in [0.05, 0.1) is 10.6 Å². The highest BCUT2D eigenvalue weighted by atomic mass is 35.5. The van der Waals surface area contributed by atoms with Crippen LogP contribution in [-0.4, -0.2) is 37.5 Å². The Morgan fingerprint density at radius 1 is 1.53 bits per heavy atom. The van der Waals surface area contributed by atoms with Gasteiger partial charge in [-0.25, -0.2) is 0 Å². The van der Waals surface area contributed by atoms with Gasteiger partial charge in [-0.1, -0.05) is 11.6 Å². The van der Waals surface area contributed by atoms with Crippen molar-refractivity contribution in [2.45, 2.75) is 13.0 Å². The number of anilines is 1. The van der Waals surface area contributed by atoms with Crippen molar-refractivity contribution in [3.05, 3.63) is 28.8 Å². The van der Waals surface area contributed by atoms with E-state index in [1.807, 2.05) is 13.0 Å². The standard InChI is InChI=1S/C12H18ClN3O/c1-8(7-14)15-9-4-5-11(13)10(6-9)12(17)16(2)3/h4-6,8,15H,7,14H2,1-3H3. The second-order valence-electron chi connectivity index (χ2n) is 4.18. The monoisotopic (exact) mass is 255 g/mol. The molecule has 94 valence electrons. The molecule has 0 aliphatic heterocycles. The van der Waals surface area contributed by atoms with Gasteiger partial charge in [0.25, 0.3) is 5.91 Å². The van der Waals surface area contributed by atoms with Gasteiger partial charge in [0.2, 0.25) is 0 Å². The van der Waals surface area contributed by atoms with Crippen molar-refractivity contribution in [1.29, 1.82) is 0 Å². The minimum absolute atomic E-state index is 0.112. The highest BCUT2D eigenvalue weighted by molar-refractivity contribution is 6.34. The van der Waals surface area contributed by atoms with E-state index in [4.69, 9.17) is 17.3 Å². The molecule has 0 aliphatic carbocycles. The molecule has 5 heteroatoms. The van der Waals surface area contributed by atoms with E-state index in [1.165, 1.54) is 4.90 Å². The zero-order valence-corrected chi connectivity index (χ0v) is 11.1. The van der Waals surface area contributed by atoms with Crippen LogP contribution in [0, 0.1) is 0 Å². The largest absolute Gasteiger partial charge is 0.381 e. The zero-order chi connectivity index (χ0) is 13.0. The predicted octanol–water partition coefficient (Wildman–Crippen LogP) is 1.80. The van der Waals surface area contributed by atoms with Crippen LogP contribution >= 0.6 is 11.6 Å². The van der Waals surface area contributed by atoms with Gasteiger partial charge in [0, 0.05) is 32.4 Å². The molecule has 4 nitrogen and oxygen atoms in total. The Hall–Kier alpha value is -1.26. The number of hydrogen-bond donors (Lipinski definition) is 2. The van der Waals surface area contributed by atoms with Gasteiger partial charge in [-0.15, -0.1) is 0 Å². The van der Waals surface area contributed by atoms with E-state index in [0.717, 1.165) is 5.69 Å². The average Bonchev–Trinajstić information content (AvgIpc) is 2.30. The Morgan fingerprint density at radius 2 is 2.18 bits per heavy atom. The summed E-state index contributed by atoms with van der Waals surface area (Å²) >= 11 is 6.01. The van der Waals surface area contributed by atoms with Crippen molar-refractivity contribution in [3.63, 3.8) is 0 Å². The van der Waals surface area contributed by atoms with Crippen molar-refractivity contribution in [3.8, 4) is 0 Å². The highest BCUT2D eigenvalue weighted by Crippen LogP contribution is 2.22. The summed E-state index contributed by atoms with van der Waals surface area (Å²) in [6.07, 6.45) is 0. The summed E-state index contributed by atoms with van der Waals surface area (Å²) in [7, 11) is 3.39. The van der Waals surface area contributed by atoms with Gasteiger partial charge >= 0.3 is 0 Å². The van der Waals surface area contributed by atoms with Crippen LogP contribution in [0.4, 0.5) is 5.69 Å². The molecule has 0 spiro atoms. The first kappa shape index (κ1) is 13.8. The van der Waals surface area contributed by atoms with Crippen molar-refractivity contribution in [2.75, 3.05) is 26.0 Å². The molecule has 1 aromatic carbocycles. The number of amides is 1. The lowest BCUT2D eigenvalue weighted by Crippen LogP contribution is -2.26. The van der Waals surface area contributed by atoms with Gasteiger partial charge < -0.3 is 16.0 Å². The minimum atomic E-state index is -0.112. The molecule has 1 aromatic rings. The topological polar surface area (TPSA) is 58.4 Å². The molecule has 0 bridgehead atoms. The van der Waals surface area contributed by atoms with Gasteiger partial charge in [-0.3, -0.25) is 4.79 Å². The molecule has 1 unspecified atom stereocenters. The average molecular weight is 256 g/mol. The maximum Gasteiger partial charge on any atom is 0.254 e. The Balaban J connectivity index is 2.98. The summed E-state index contributed by atoms with van der Waals surface area (Å²) in [6, 6.07) is 5.44. The number of benzene rings is 1. The maximum absolute atomic E-state index is 11.9. The van der Waals surface area contributed by atoms with Crippen LogP contribution in [0.1, 0.15) is 17.3 Å². The van der Waals surface area contributed by atoms with Gasteiger partial charge in [0.15, 0.2) is 0 Å². The fraction of sp³-hybridized carbons (Fsp3) is 0.417. The normalized spacial score (nSPS) is 12.1. The van der Waals surface area contributed by atoms with Gasteiger partial charge in [-0.2, -0.15) is 0 Å². The Morgan fingerprint density at radius 3 is 2.71 bits per heavy atom. The first-order chi connectivity index (χ1) is 7.95. The molecule has 0 saturated carbocycles. The van der Waals surface area contributed by atoms with E-state index in [2.05, 4.69) is 5.32 Å². The first-order valence-corrected chi connectivity index (χ1v) is 5.81. The van der Waals surface area contributed by atoms with E-state index in [0.29, 0.717) is 17.1 Å². The Kier molecular flexibility index (Phi) is 4.78. The summed E-state index contributed by atoms with van der Waals surface area (Å²) in [5.74, 6) is -0.112. The Labute approximate surface area is 107 Å². The van der Waals surface area contributed by atoms with Crippen LogP contribution in [-0.2, 0) is 0 Å². The quantitative estimate of drug-likeness (QED) is 0.863. The summed E-state index contributed by atoms with van der Waals surface area (Å²) in [4.78, 5) is 13.4. The number of nitrogens with one attached hydrogen (secondary N) is 1. The van der Waals surface area contributed by atoms with Crippen molar-refractivity contribution < 1.29 is 4.79 Å². The lowest BCUT2D eigenvalue weighted by molar-refractivity contribution is 0.0828. The lowest BCUT2D eigenvalue weighted by Gasteiger charge is -2.16. The van der Waals surface area contributed by atoms with E-state index in [1.54, 1.807) is 26.2 Å². The smallest absolute Gasteiger partial charge is 0.254 e. The number of nitrogens with two attached hydrogens (primary N) is 1. The molecule has 0 saturated heterocycles. The molecule has 1 rings (SSSR count). The van der Waals surface area contributed by atoms with Crippen LogP contribution in [0.2, 0.25) is 5.02 Å². The van der Waals surface area contributed by atoms with Crippen molar-refractivity contribution in [1.82, 2.24) is 4.90 Å². The molecule has 0 fully saturated rings. The van der Waals surface area contributed by atoms with Gasteiger partial charge in [-0.05, 0) is 25.1 Å². The molecular weight excluding hydrogens is 238 g/mol. The third-order valence-electron chi connectivity index (χ3n) is 2.37. The molecule has 0 aromatic heterocycles. The maximum atomic E-state index is 11.9. The summed E-state index contributed by atoms with van der Waals surface area (Å²) < 4.78 is 0. The highest BCUT2D eigenvalue weighted by Gasteiger charge is 2.13. The molecule has 0 aliphatic rings. The molecule has 0 heterocycles. The molecule has 1 amide bonds. The Bertz CT molecular complexity index is 407. The van der Waals surface area contributed by atoms with Crippen molar-refractivity contribution in [2.24, 2.45) is 5.73 Å². The van der Waals surface area contributed by atoms with E-state index in [-0.39, 0.29) is 11.9 Å². The molecule has 1 atom stereocenters. The fourth-order valence-electron chi connectivity index (χ4n) is 1.36. The number of halogens is 1. The lowest BCUT2D eigenvalue weighted by atomic mass is 10.1. The minimum Gasteiger partial charge on any atom is -0.381 e. The molecule has 3 N–H and O–H groups in total. The fourth-order valence-corrected chi connectivity index (χ4v) is 1.56. The van der Waals surface area contributed by atoms with Crippen LogP contribution in [0.3, 0.4) is 0 Å². The SMILES string of the molecule is CC(CN)Nc1ccc(Cl)c(C(=O)N(C)C)c1. The molecule has 0 radical (unpaired) electrons. The number of nitrogens with zero attached hydrogens (tertiary/aromatic N) is 1. The predicted molar refractivity (Wildman–Crippen MR) is 71.6 cm³/mol. The molecule has 17 heavy (non-hydrogen) atoms. The van der Waals surface area contributed by atoms with E-state index < -0.39 is 0 Å². The zero-order valence-electron chi connectivity index (χ0n) is 10.3. The summed E-state index contributed by atoms with van der Waals surface area (Å²) in [6.45, 7) is 2.50. The molecular formula is C12H18ClN3O. The van der Waals surface area contributed by atoms with Crippen LogP contribution < -0.4 is 11.1 Å². The van der Waals surface area contributed by atoms with Crippen molar-refractivity contribution >= 4 is 23.2 Å². The number of carbonyl (C=O) groups excluding carboxylic acids is 1. The second-order valence-corrected chi connectivity index (χ2v) is 4.58. The van der Waals surface area contributed by atoms with Crippen LogP contribution in [0.5, 0.6) is 0 Å². The first-order valence-electron chi connectivity index (χ1n) is 5.43. The number of carbonyl (C=O) groups is 1. The van der Waals surface area contributed by atoms with E-state index in [9.17, 15) is 4.79 Å². The number of hydrogen-bond acceptors (Lipinski definition) is 3. The summed E-state index contributed by atoms with van der Waals surface area (Å²) in [5, 5.41) is 3.65. The summed E-state index contributed by atoms with van der Waals surface area (Å²) in [5.41, 5.74) is 6.87. The van der Waals surface area contributed by atoms with E-state index >= 15 is 0 Å². The van der Waals surface area contributed by atoms with Gasteiger partial charge in [0.1, 0.15) is 0 Å².